The summed E-state index contributed by atoms with van der Waals surface area (Å²) in [5.74, 6) is -0.617. The third kappa shape index (κ3) is 1.23. The number of hydrogen-bond donors (Lipinski definition) is 0. The maximum Gasteiger partial charge on any atom is 0.214 e. The van der Waals surface area contributed by atoms with E-state index in [2.05, 4.69) is 4.98 Å². The summed E-state index contributed by atoms with van der Waals surface area (Å²) in [5.41, 5.74) is 0.106. The first-order chi connectivity index (χ1) is 4.33. The topological polar surface area (TPSA) is 36.7 Å². The number of pyridine rings is 1. The number of halogens is 1. The average Bonchev–Trinajstić information content (AvgIpc) is 1.88. The zero-order valence-corrected chi connectivity index (χ0v) is 4.50. The van der Waals surface area contributed by atoms with E-state index in [-0.39, 0.29) is 5.69 Å². The molecule has 0 fully saturated rings. The van der Waals surface area contributed by atoms with Crippen LogP contribution < -0.4 is 0 Å². The van der Waals surface area contributed by atoms with Gasteiger partial charge in [0.1, 0.15) is 11.8 Å². The maximum atomic E-state index is 12.1. The van der Waals surface area contributed by atoms with Crippen LogP contribution in [0.3, 0.4) is 0 Å². The van der Waals surface area contributed by atoms with Crippen molar-refractivity contribution in [3.8, 4) is 6.07 Å². The van der Waals surface area contributed by atoms with Crippen LogP contribution in [0.15, 0.2) is 18.2 Å². The molecule has 0 N–H and O–H groups in total. The fourth-order valence-electron chi connectivity index (χ4n) is 0.471. The summed E-state index contributed by atoms with van der Waals surface area (Å²) >= 11 is 0. The van der Waals surface area contributed by atoms with Gasteiger partial charge in [0.15, 0.2) is 0 Å². The molecule has 0 radical (unpaired) electrons. The van der Waals surface area contributed by atoms with Gasteiger partial charge in [-0.1, -0.05) is 6.07 Å². The van der Waals surface area contributed by atoms with Crippen LogP contribution in [0.4, 0.5) is 4.39 Å². The minimum Gasteiger partial charge on any atom is -0.209 e. The van der Waals surface area contributed by atoms with Gasteiger partial charge in [-0.3, -0.25) is 0 Å². The van der Waals surface area contributed by atoms with E-state index in [4.69, 9.17) is 5.26 Å². The molecule has 0 saturated heterocycles. The molecule has 0 spiro atoms. The van der Waals surface area contributed by atoms with Crippen molar-refractivity contribution >= 4 is 0 Å². The molecule has 1 aromatic rings. The van der Waals surface area contributed by atoms with Crippen LogP contribution in [-0.4, -0.2) is 4.98 Å². The number of aromatic nitrogens is 1. The largest absolute Gasteiger partial charge is 0.214 e. The predicted molar refractivity (Wildman–Crippen MR) is 28.9 cm³/mol. The Balaban J connectivity index is 3.12. The van der Waals surface area contributed by atoms with E-state index in [1.54, 1.807) is 6.07 Å². The van der Waals surface area contributed by atoms with Gasteiger partial charge in [-0.2, -0.15) is 9.65 Å². The second-order valence-corrected chi connectivity index (χ2v) is 1.46. The second-order valence-electron chi connectivity index (χ2n) is 1.46. The van der Waals surface area contributed by atoms with E-state index in [0.29, 0.717) is 0 Å². The van der Waals surface area contributed by atoms with Gasteiger partial charge in [-0.15, -0.1) is 0 Å². The summed E-state index contributed by atoms with van der Waals surface area (Å²) in [6.45, 7) is 0. The van der Waals surface area contributed by atoms with Crippen molar-refractivity contribution in [3.05, 3.63) is 29.8 Å². The molecule has 0 atom stereocenters. The molecule has 9 heavy (non-hydrogen) atoms. The molecule has 0 aliphatic carbocycles. The Kier molecular flexibility index (Phi) is 1.41. The molecule has 0 bridgehead atoms. The second kappa shape index (κ2) is 2.23. The Labute approximate surface area is 51.6 Å². The number of rotatable bonds is 0. The van der Waals surface area contributed by atoms with Gasteiger partial charge in [0.25, 0.3) is 0 Å². The van der Waals surface area contributed by atoms with Gasteiger partial charge in [-0.25, -0.2) is 4.98 Å². The molecule has 1 heterocycles. The van der Waals surface area contributed by atoms with Gasteiger partial charge < -0.3 is 0 Å². The van der Waals surface area contributed by atoms with E-state index in [9.17, 15) is 4.39 Å². The van der Waals surface area contributed by atoms with Gasteiger partial charge in [-0.05, 0) is 12.1 Å². The lowest BCUT2D eigenvalue weighted by Crippen LogP contribution is -1.84. The van der Waals surface area contributed by atoms with Gasteiger partial charge in [0.05, 0.1) is 0 Å². The first-order valence-electron chi connectivity index (χ1n) is 2.35. The lowest BCUT2D eigenvalue weighted by molar-refractivity contribution is 0.582. The predicted octanol–water partition coefficient (Wildman–Crippen LogP) is 1.09. The van der Waals surface area contributed by atoms with Crippen molar-refractivity contribution in [3.63, 3.8) is 0 Å². The normalized spacial score (nSPS) is 8.44. The van der Waals surface area contributed by atoms with Gasteiger partial charge >= 0.3 is 0 Å². The highest BCUT2D eigenvalue weighted by molar-refractivity contribution is 5.18. The summed E-state index contributed by atoms with van der Waals surface area (Å²) < 4.78 is 12.1. The summed E-state index contributed by atoms with van der Waals surface area (Å²) in [5, 5.41) is 8.18. The lowest BCUT2D eigenvalue weighted by Gasteiger charge is -1.84. The molecule has 0 aliphatic heterocycles. The van der Waals surface area contributed by atoms with Crippen molar-refractivity contribution < 1.29 is 4.39 Å². The molecule has 1 aromatic heterocycles. The molecule has 0 aliphatic rings. The highest BCUT2D eigenvalue weighted by Gasteiger charge is 1.90. The van der Waals surface area contributed by atoms with Crippen LogP contribution in [0.25, 0.3) is 0 Å². The molecule has 0 unspecified atom stereocenters. The maximum absolute atomic E-state index is 12.1. The van der Waals surface area contributed by atoms with Crippen molar-refractivity contribution in [2.75, 3.05) is 0 Å². The standard InChI is InChI=1S/C6H3FN2/c7-6-3-1-2-5(4-8)9-6/h1-3H/i7-1. The molecular formula is C6H3FN2. The van der Waals surface area contributed by atoms with Crippen LogP contribution in [0.1, 0.15) is 5.69 Å². The molecule has 3 heteroatoms. The summed E-state index contributed by atoms with van der Waals surface area (Å²) in [6, 6.07) is 5.80. The Hall–Kier alpha value is -1.43. The molecule has 0 aromatic carbocycles. The quantitative estimate of drug-likeness (QED) is 0.482. The molecule has 1 rings (SSSR count). The Morgan fingerprint density at radius 3 is 2.78 bits per heavy atom. The first-order valence-corrected chi connectivity index (χ1v) is 2.35. The monoisotopic (exact) mass is 121 g/mol. The number of nitriles is 1. The molecule has 44 valence electrons. The molecule has 0 amide bonds. The van der Waals surface area contributed by atoms with Crippen LogP contribution in [-0.2, 0) is 0 Å². The average molecular weight is 121 g/mol. The summed E-state index contributed by atoms with van der Waals surface area (Å²) in [6.07, 6.45) is 0. The highest BCUT2D eigenvalue weighted by atomic mass is 18.2. The minimum absolute atomic E-state index is 0.106. The number of hydrogen-bond acceptors (Lipinski definition) is 2. The highest BCUT2D eigenvalue weighted by Crippen LogP contribution is 1.94. The zero-order valence-electron chi connectivity index (χ0n) is 4.50. The van der Waals surface area contributed by atoms with E-state index >= 15 is 0 Å². The third-order valence-corrected chi connectivity index (χ3v) is 0.830. The molecule has 2 nitrogen and oxygen atoms in total. The van der Waals surface area contributed by atoms with E-state index in [1.165, 1.54) is 18.2 Å². The fraction of sp³-hybridized carbons (Fsp3) is 0. The van der Waals surface area contributed by atoms with Crippen LogP contribution in [0.2, 0.25) is 0 Å². The summed E-state index contributed by atoms with van der Waals surface area (Å²) in [4.78, 5) is 3.26. The SMILES string of the molecule is N#Cc1cccc([18F])n1. The lowest BCUT2D eigenvalue weighted by atomic mass is 10.4. The smallest absolute Gasteiger partial charge is 0.209 e. The summed E-state index contributed by atoms with van der Waals surface area (Å²) in [7, 11) is 0. The van der Waals surface area contributed by atoms with E-state index in [0.717, 1.165) is 0 Å². The first kappa shape index (κ1) is 5.70. The Morgan fingerprint density at radius 1 is 1.56 bits per heavy atom. The fourth-order valence-corrected chi connectivity index (χ4v) is 0.471. The minimum atomic E-state index is -0.617. The van der Waals surface area contributed by atoms with Gasteiger partial charge in [0.2, 0.25) is 5.95 Å². The van der Waals surface area contributed by atoms with Crippen molar-refractivity contribution in [1.82, 2.24) is 4.98 Å². The van der Waals surface area contributed by atoms with E-state index in [1.807, 2.05) is 0 Å². The van der Waals surface area contributed by atoms with Crippen molar-refractivity contribution in [1.29, 1.82) is 5.26 Å². The molecule has 0 saturated carbocycles. The Bertz CT molecular complexity index is 251. The van der Waals surface area contributed by atoms with Crippen LogP contribution in [0.5, 0.6) is 0 Å². The van der Waals surface area contributed by atoms with Crippen LogP contribution in [0, 0.1) is 17.3 Å². The van der Waals surface area contributed by atoms with E-state index < -0.39 is 5.95 Å². The molecular weight excluding hydrogens is 118 g/mol. The zero-order chi connectivity index (χ0) is 6.69. The Morgan fingerprint density at radius 2 is 2.33 bits per heavy atom. The van der Waals surface area contributed by atoms with Crippen molar-refractivity contribution in [2.45, 2.75) is 0 Å². The van der Waals surface area contributed by atoms with Crippen LogP contribution >= 0.6 is 0 Å². The third-order valence-electron chi connectivity index (χ3n) is 0.830. The van der Waals surface area contributed by atoms with Gasteiger partial charge in [0, 0.05) is 0 Å². The number of nitrogens with zero attached hydrogens (tertiary/aromatic N) is 2. The van der Waals surface area contributed by atoms with Crippen molar-refractivity contribution in [2.24, 2.45) is 0 Å².